The Bertz CT molecular complexity index is 4840. The summed E-state index contributed by atoms with van der Waals surface area (Å²) in [4.78, 5) is 34.8. The van der Waals surface area contributed by atoms with E-state index in [-0.39, 0.29) is 50.4 Å². The lowest BCUT2D eigenvalue weighted by Gasteiger charge is -2.11. The minimum Gasteiger partial charge on any atom is -0.497 e. The topological polar surface area (TPSA) is 268 Å². The summed E-state index contributed by atoms with van der Waals surface area (Å²) in [7, 11) is 0.690. The molecule has 105 heavy (non-hydrogen) atoms. The van der Waals surface area contributed by atoms with Crippen LogP contribution in [0.5, 0.6) is 23.0 Å². The number of thioether (sulfide) groups is 1. The molecule has 0 bridgehead atoms. The van der Waals surface area contributed by atoms with Gasteiger partial charge in [-0.2, -0.15) is 73.1 Å². The summed E-state index contributed by atoms with van der Waals surface area (Å²) in [6.07, 6.45) is -15.5. The maximum absolute atomic E-state index is 13.6. The molecule has 562 valence electrons. The van der Waals surface area contributed by atoms with Crippen LogP contribution in [0, 0.1) is 6.92 Å². The highest BCUT2D eigenvalue weighted by Gasteiger charge is 2.40. The Hall–Kier alpha value is -10.1. The third-order valence-electron chi connectivity index (χ3n) is 14.8. The van der Waals surface area contributed by atoms with E-state index in [2.05, 4.69) is 47.4 Å². The minimum absolute atomic E-state index is 0.00971. The summed E-state index contributed by atoms with van der Waals surface area (Å²) in [6.45, 7) is 7.74. The molecule has 0 spiro atoms. The predicted molar refractivity (Wildman–Crippen MR) is 369 cm³/mol. The van der Waals surface area contributed by atoms with Crippen molar-refractivity contribution < 1.29 is 93.8 Å². The maximum atomic E-state index is 13.6. The van der Waals surface area contributed by atoms with E-state index in [1.807, 2.05) is 20.8 Å². The molecule has 0 aliphatic heterocycles. The van der Waals surface area contributed by atoms with Gasteiger partial charge in [0.15, 0.2) is 59.7 Å². The molecule has 7 aromatic heterocycles. The van der Waals surface area contributed by atoms with Crippen LogP contribution in [0.15, 0.2) is 155 Å². The number of Topliss-reactive ketones (excluding diaryl/α,β-unsaturated/α-hetero) is 2. The number of anilines is 1. The van der Waals surface area contributed by atoms with Gasteiger partial charge in [0, 0.05) is 58.0 Å². The number of aryl methyl sites for hydroxylation is 1. The zero-order chi connectivity index (χ0) is 77.2. The number of alkyl halides is 12. The first-order chi connectivity index (χ1) is 49.5. The summed E-state index contributed by atoms with van der Waals surface area (Å²) in [6, 6.07) is 33.8. The van der Waals surface area contributed by atoms with Crippen molar-refractivity contribution in [2.45, 2.75) is 112 Å². The van der Waals surface area contributed by atoms with Crippen molar-refractivity contribution in [1.82, 2.24) is 54.0 Å². The number of sulfone groups is 1. The van der Waals surface area contributed by atoms with Crippen LogP contribution in [0.4, 0.5) is 58.5 Å². The number of benzene rings is 4. The van der Waals surface area contributed by atoms with Crippen LogP contribution in [0.3, 0.4) is 0 Å². The molecule has 0 aliphatic carbocycles. The number of ketones is 2. The van der Waals surface area contributed by atoms with Crippen LogP contribution >= 0.6 is 11.8 Å². The highest BCUT2D eigenvalue weighted by molar-refractivity contribution is 7.99. The largest absolute Gasteiger partial charge is 0.497 e. The van der Waals surface area contributed by atoms with E-state index >= 15 is 0 Å². The van der Waals surface area contributed by atoms with Crippen molar-refractivity contribution in [1.29, 1.82) is 0 Å². The van der Waals surface area contributed by atoms with Crippen LogP contribution in [-0.4, -0.2) is 130 Å². The molecule has 1 unspecified atom stereocenters. The maximum Gasteiger partial charge on any atom is 0.450 e. The number of nitrogen functional groups attached to an aromatic ring is 1. The lowest BCUT2D eigenvalue weighted by atomic mass is 10.1. The molecule has 7 heterocycles. The summed E-state index contributed by atoms with van der Waals surface area (Å²) in [5, 5.41) is 18.3. The highest BCUT2D eigenvalue weighted by Crippen LogP contribution is 2.37. The van der Waals surface area contributed by atoms with Crippen molar-refractivity contribution in [3.05, 3.63) is 168 Å². The molecule has 0 saturated heterocycles. The van der Waals surface area contributed by atoms with Crippen LogP contribution < -0.4 is 24.7 Å². The number of carbonyl (C=O) groups is 2. The lowest BCUT2D eigenvalue weighted by molar-refractivity contribution is -0.170. The van der Waals surface area contributed by atoms with Gasteiger partial charge in [-0.05, 0) is 147 Å². The fourth-order valence-electron chi connectivity index (χ4n) is 9.23. The number of carbonyl (C=O) groups excluding carboxylic acids is 2. The number of nitrogens with zero attached hydrogens (tertiary/aromatic N) is 10. The minimum atomic E-state index is -4.97. The van der Waals surface area contributed by atoms with Gasteiger partial charge < -0.3 is 24.7 Å². The third-order valence-corrected chi connectivity index (χ3v) is 18.7. The van der Waals surface area contributed by atoms with Crippen molar-refractivity contribution >= 4 is 66.7 Å². The molecule has 0 aliphatic rings. The Morgan fingerprint density at radius 2 is 0.933 bits per heavy atom. The smallest absolute Gasteiger partial charge is 0.450 e. The fraction of sp³-hybridized carbons (Fsp3) is 0.319. The summed E-state index contributed by atoms with van der Waals surface area (Å²) in [5.41, 5.74) is 5.38. The quantitative estimate of drug-likeness (QED) is 0.0210. The number of H-pyrrole nitrogens is 1. The number of nitrogens with two attached hydrogens (primary N) is 1. The standard InChI is InChI=1S/C18H18F3N3O3S.C18H18F3N3O2S.C18H18F3N3OS.C11H9F3O3.C4H7N3/c1-3-4-9-28(25,26)17-11-16-22-14(12-5-7-13(27-2)8-6-12)10-15(18(19,20)21)24(16)23-17;1-3-4-9-27(25)17-11-16-22-14(12-5-7-13(26-2)8-6-12)10-15(18(19,20)21)24(16)23-17;1-3-4-9-26-17-11-16-22-14(12-5-7-13(25-2)8-6-12)10-15(18(19,20)21)24(16)23-17;1-17-8-4-2-7(3-5-8)9(15)6-10(16)11(12,13)14;1-3-2-4(5)7-6-3/h5-8,10-11H,3-4,9H2,1-2H3;5-8,10-11H,3-4,9H2,1-2H3;5-8,10-11H,3-4,9H2,1-2H3;2-5H,6H2,1H3;2H,1H3,(H3,5,6,7). The second-order valence-corrected chi connectivity index (χ2v) is 27.2. The van der Waals surface area contributed by atoms with E-state index in [0.717, 1.165) is 59.5 Å². The monoisotopic (exact) mass is 1530 g/mol. The molecular formula is C69H70F12N12O9S3. The van der Waals surface area contributed by atoms with E-state index in [1.54, 1.807) is 84.9 Å². The molecule has 0 fully saturated rings. The van der Waals surface area contributed by atoms with Gasteiger partial charge in [-0.1, -0.05) is 40.0 Å². The number of aromatic nitrogens is 11. The molecule has 11 rings (SSSR count). The number of hydrogen-bond acceptors (Lipinski definition) is 18. The summed E-state index contributed by atoms with van der Waals surface area (Å²) >= 11 is 1.44. The average molecular weight is 1540 g/mol. The lowest BCUT2D eigenvalue weighted by Crippen LogP contribution is -2.25. The number of hydrogen-bond donors (Lipinski definition) is 2. The Kier molecular flexibility index (Phi) is 28.2. The first-order valence-corrected chi connectivity index (χ1v) is 35.7. The molecule has 36 heteroatoms. The van der Waals surface area contributed by atoms with Gasteiger partial charge in [-0.3, -0.25) is 18.9 Å². The molecular weight excluding hydrogens is 1470 g/mol. The number of fused-ring (bicyclic) bond motifs is 3. The molecule has 0 amide bonds. The number of methoxy groups -OCH3 is 4. The van der Waals surface area contributed by atoms with Gasteiger partial charge in [0.05, 0.1) is 68.5 Å². The first-order valence-electron chi connectivity index (χ1n) is 31.7. The van der Waals surface area contributed by atoms with Crippen LogP contribution in [-0.2, 0) is 44.0 Å². The molecule has 3 N–H and O–H groups in total. The van der Waals surface area contributed by atoms with Crippen LogP contribution in [0.25, 0.3) is 50.7 Å². The Labute approximate surface area is 600 Å². The predicted octanol–water partition coefficient (Wildman–Crippen LogP) is 16.3. The number of ether oxygens (including phenoxy) is 4. The second kappa shape index (κ2) is 36.1. The summed E-state index contributed by atoms with van der Waals surface area (Å²) in [5.74, 6) is 0.878. The Morgan fingerprint density at radius 3 is 1.30 bits per heavy atom. The molecule has 1 atom stereocenters. The Balaban J connectivity index is 0.000000192. The normalized spacial score (nSPS) is 12.0. The van der Waals surface area contributed by atoms with Crippen LogP contribution in [0.2, 0.25) is 0 Å². The van der Waals surface area contributed by atoms with E-state index in [9.17, 15) is 74.9 Å². The summed E-state index contributed by atoms with van der Waals surface area (Å²) < 4.78 is 217. The van der Waals surface area contributed by atoms with Gasteiger partial charge >= 0.3 is 24.7 Å². The van der Waals surface area contributed by atoms with Gasteiger partial charge in [0.25, 0.3) is 0 Å². The molecule has 0 saturated carbocycles. The van der Waals surface area contributed by atoms with E-state index in [4.69, 9.17) is 24.7 Å². The Morgan fingerprint density at radius 1 is 0.533 bits per heavy atom. The number of rotatable bonds is 22. The first kappa shape index (κ1) is 82.2. The fourth-order valence-corrected chi connectivity index (χ4v) is 12.7. The van der Waals surface area contributed by atoms with Crippen LogP contribution in [0.1, 0.15) is 98.9 Å². The van der Waals surface area contributed by atoms with E-state index in [1.165, 1.54) is 70.5 Å². The van der Waals surface area contributed by atoms with Gasteiger partial charge in [-0.15, -0.1) is 11.8 Å². The molecule has 21 nitrogen and oxygen atoms in total. The SMILES string of the molecule is CCCCS(=O)(=O)c1cc2nc(-c3ccc(OC)cc3)cc(C(F)(F)F)n2n1.CCCCS(=O)c1cc2nc(-c3ccc(OC)cc3)cc(C(F)(F)F)n2n1.CCCCSc1cc2nc(-c3ccc(OC)cc3)cc(C(F)(F)F)n2n1.COc1ccc(C(=O)CC(=O)C(F)(F)F)cc1.Cc1cc(N)n[nH]1. The van der Waals surface area contributed by atoms with Gasteiger partial charge in [-0.25, -0.2) is 36.9 Å². The van der Waals surface area contributed by atoms with Gasteiger partial charge in [0.2, 0.25) is 5.78 Å². The second-order valence-electron chi connectivity index (χ2n) is 22.5. The number of unbranched alkanes of at least 4 members (excludes halogenated alkanes) is 3. The third kappa shape index (κ3) is 22.7. The average Bonchev–Trinajstić information content (AvgIpc) is 1.70. The van der Waals surface area contributed by atoms with E-state index in [0.29, 0.717) is 84.6 Å². The van der Waals surface area contributed by atoms with Crippen molar-refractivity contribution in [3.63, 3.8) is 0 Å². The van der Waals surface area contributed by atoms with E-state index < -0.39 is 85.4 Å². The molecule has 0 radical (unpaired) electrons. The number of halogens is 12. The zero-order valence-electron chi connectivity index (χ0n) is 57.3. The van der Waals surface area contributed by atoms with Crippen molar-refractivity contribution in [2.75, 3.05) is 51.4 Å². The number of nitrogens with one attached hydrogen (secondary N) is 1. The van der Waals surface area contributed by atoms with Gasteiger partial charge in [0.1, 0.15) is 33.8 Å². The van der Waals surface area contributed by atoms with Crippen molar-refractivity contribution in [3.8, 4) is 56.8 Å². The zero-order valence-corrected chi connectivity index (χ0v) is 59.8. The van der Waals surface area contributed by atoms with Crippen molar-refractivity contribution in [2.24, 2.45) is 0 Å². The molecule has 4 aromatic carbocycles. The molecule has 11 aromatic rings. The highest BCUT2D eigenvalue weighted by atomic mass is 32.2. The number of aromatic amines is 1.